The van der Waals surface area contributed by atoms with Gasteiger partial charge in [-0.1, -0.05) is 24.3 Å². The number of nitro groups is 1. The summed E-state index contributed by atoms with van der Waals surface area (Å²) in [6.07, 6.45) is -1.55. The molecule has 182 valence electrons. The summed E-state index contributed by atoms with van der Waals surface area (Å²) in [6, 6.07) is 14.0. The van der Waals surface area contributed by atoms with E-state index < -0.39 is 22.8 Å². The summed E-state index contributed by atoms with van der Waals surface area (Å²) in [4.78, 5) is 37.3. The molecular formula is C25H23ClN2O7. The van der Waals surface area contributed by atoms with E-state index in [1.165, 1.54) is 29.2 Å². The van der Waals surface area contributed by atoms with Gasteiger partial charge in [-0.25, -0.2) is 9.59 Å². The van der Waals surface area contributed by atoms with Crippen molar-refractivity contribution in [1.82, 2.24) is 0 Å². The van der Waals surface area contributed by atoms with E-state index in [0.29, 0.717) is 23.5 Å². The molecule has 3 aromatic rings. The predicted molar refractivity (Wildman–Crippen MR) is 131 cm³/mol. The number of hydrogen-bond acceptors (Lipinski definition) is 7. The summed E-state index contributed by atoms with van der Waals surface area (Å²) in [5.74, 6) is 0.433. The fourth-order valence-corrected chi connectivity index (χ4v) is 4.21. The number of hydrogen-bond donors (Lipinski definition) is 0. The lowest BCUT2D eigenvalue weighted by Gasteiger charge is -2.25. The van der Waals surface area contributed by atoms with Crippen LogP contribution in [0.2, 0.25) is 0 Å². The molecule has 1 amide bonds. The lowest BCUT2D eigenvalue weighted by molar-refractivity contribution is -0.384. The van der Waals surface area contributed by atoms with E-state index in [9.17, 15) is 19.7 Å². The van der Waals surface area contributed by atoms with Gasteiger partial charge in [-0.05, 0) is 43.9 Å². The molecule has 0 N–H and O–H groups in total. The molecule has 0 aromatic heterocycles. The highest BCUT2D eigenvalue weighted by Gasteiger charge is 2.37. The number of nitrogens with zero attached hydrogens (tertiary/aromatic N) is 2. The molecule has 0 saturated heterocycles. The van der Waals surface area contributed by atoms with Crippen LogP contribution in [0, 0.1) is 10.1 Å². The van der Waals surface area contributed by atoms with Gasteiger partial charge in [-0.3, -0.25) is 15.0 Å². The fraction of sp³-hybridized carbons (Fsp3) is 0.280. The van der Waals surface area contributed by atoms with Gasteiger partial charge in [-0.2, -0.15) is 0 Å². The van der Waals surface area contributed by atoms with Gasteiger partial charge >= 0.3 is 12.2 Å². The molecule has 4 rings (SSSR count). The molecule has 1 aliphatic heterocycles. The number of amides is 1. The van der Waals surface area contributed by atoms with E-state index in [1.807, 2.05) is 12.1 Å². The summed E-state index contributed by atoms with van der Waals surface area (Å²) in [5, 5.41) is 12.3. The fourth-order valence-electron chi connectivity index (χ4n) is 3.96. The number of halogens is 1. The minimum Gasteiger partial charge on any atom is -0.443 e. The van der Waals surface area contributed by atoms with Crippen molar-refractivity contribution in [2.24, 2.45) is 0 Å². The van der Waals surface area contributed by atoms with Gasteiger partial charge in [0.2, 0.25) is 0 Å². The van der Waals surface area contributed by atoms with Gasteiger partial charge in [0, 0.05) is 41.9 Å². The van der Waals surface area contributed by atoms with Gasteiger partial charge in [-0.15, -0.1) is 11.6 Å². The van der Waals surface area contributed by atoms with E-state index in [0.717, 1.165) is 10.9 Å². The zero-order chi connectivity index (χ0) is 25.3. The Labute approximate surface area is 206 Å². The van der Waals surface area contributed by atoms with Crippen LogP contribution in [0.4, 0.5) is 21.0 Å². The molecule has 1 unspecified atom stereocenters. The molecule has 0 spiro atoms. The third-order valence-electron chi connectivity index (χ3n) is 5.37. The summed E-state index contributed by atoms with van der Waals surface area (Å²) < 4.78 is 16.3. The van der Waals surface area contributed by atoms with Crippen molar-refractivity contribution < 1.29 is 28.7 Å². The number of benzene rings is 3. The molecule has 3 aromatic carbocycles. The average Bonchev–Trinajstić information content (AvgIpc) is 3.17. The van der Waals surface area contributed by atoms with E-state index in [1.54, 1.807) is 39.0 Å². The first-order chi connectivity index (χ1) is 16.6. The first-order valence-electron chi connectivity index (χ1n) is 10.8. The number of rotatable bonds is 4. The Balaban J connectivity index is 1.68. The highest BCUT2D eigenvalue weighted by molar-refractivity contribution is 6.19. The Morgan fingerprint density at radius 1 is 1.09 bits per heavy atom. The van der Waals surface area contributed by atoms with E-state index in [-0.39, 0.29) is 23.1 Å². The Kier molecular flexibility index (Phi) is 6.53. The lowest BCUT2D eigenvalue weighted by Crippen LogP contribution is -2.36. The van der Waals surface area contributed by atoms with Crippen molar-refractivity contribution in [2.75, 3.05) is 17.3 Å². The van der Waals surface area contributed by atoms with Crippen LogP contribution in [0.15, 0.2) is 54.6 Å². The molecule has 0 fully saturated rings. The molecule has 0 radical (unpaired) electrons. The van der Waals surface area contributed by atoms with Crippen LogP contribution in [0.5, 0.6) is 11.5 Å². The van der Waals surface area contributed by atoms with Crippen molar-refractivity contribution in [2.45, 2.75) is 32.3 Å². The van der Waals surface area contributed by atoms with Gasteiger partial charge in [0.05, 0.1) is 10.6 Å². The third-order valence-corrected chi connectivity index (χ3v) is 5.74. The van der Waals surface area contributed by atoms with Crippen LogP contribution in [0.25, 0.3) is 10.8 Å². The smallest absolute Gasteiger partial charge is 0.443 e. The second-order valence-electron chi connectivity index (χ2n) is 9.00. The number of carbonyl (C=O) groups is 2. The number of nitro benzene ring substituents is 1. The minimum absolute atomic E-state index is 0.0867. The van der Waals surface area contributed by atoms with Crippen molar-refractivity contribution in [1.29, 1.82) is 0 Å². The first-order valence-corrected chi connectivity index (χ1v) is 11.4. The number of anilines is 1. The maximum atomic E-state index is 13.0. The van der Waals surface area contributed by atoms with Gasteiger partial charge in [0.1, 0.15) is 17.1 Å². The molecule has 0 aliphatic carbocycles. The van der Waals surface area contributed by atoms with Gasteiger partial charge in [0.15, 0.2) is 0 Å². The molecule has 10 heteroatoms. The predicted octanol–water partition coefficient (Wildman–Crippen LogP) is 6.40. The molecular weight excluding hydrogens is 476 g/mol. The highest BCUT2D eigenvalue weighted by atomic mass is 35.5. The zero-order valence-corrected chi connectivity index (χ0v) is 20.1. The maximum Gasteiger partial charge on any atom is 0.519 e. The Morgan fingerprint density at radius 3 is 2.34 bits per heavy atom. The van der Waals surface area contributed by atoms with Crippen molar-refractivity contribution in [3.05, 3.63) is 70.3 Å². The minimum atomic E-state index is -1.03. The molecule has 1 heterocycles. The van der Waals surface area contributed by atoms with Crippen LogP contribution < -0.4 is 14.4 Å². The highest BCUT2D eigenvalue weighted by Crippen LogP contribution is 2.46. The zero-order valence-electron chi connectivity index (χ0n) is 19.3. The molecule has 9 nitrogen and oxygen atoms in total. The summed E-state index contributed by atoms with van der Waals surface area (Å²) in [7, 11) is 0. The molecule has 0 saturated carbocycles. The second kappa shape index (κ2) is 9.42. The lowest BCUT2D eigenvalue weighted by atomic mass is 9.95. The standard InChI is InChI=1S/C25H23ClN2O7/c1-25(2,3)35-23(29)27-14-15(13-26)22-19-7-5-4-6-18(19)21(12-20(22)27)34-24(30)33-17-10-8-16(9-11-17)28(31)32/h4-12,15H,13-14H2,1-3H3. The maximum absolute atomic E-state index is 13.0. The van der Waals surface area contributed by atoms with Crippen LogP contribution >= 0.6 is 11.6 Å². The van der Waals surface area contributed by atoms with Gasteiger partial charge < -0.3 is 14.2 Å². The number of ether oxygens (including phenoxy) is 3. The molecule has 1 atom stereocenters. The van der Waals surface area contributed by atoms with Crippen LogP contribution in [0.1, 0.15) is 32.3 Å². The second-order valence-corrected chi connectivity index (χ2v) is 9.31. The van der Waals surface area contributed by atoms with Gasteiger partial charge in [0.25, 0.3) is 5.69 Å². The van der Waals surface area contributed by atoms with Crippen molar-refractivity contribution in [3.8, 4) is 11.5 Å². The molecule has 0 bridgehead atoms. The van der Waals surface area contributed by atoms with E-state index in [4.69, 9.17) is 25.8 Å². The van der Waals surface area contributed by atoms with Crippen LogP contribution in [-0.2, 0) is 4.74 Å². The topological polar surface area (TPSA) is 108 Å². The van der Waals surface area contributed by atoms with Crippen molar-refractivity contribution in [3.63, 3.8) is 0 Å². The third kappa shape index (κ3) is 5.14. The average molecular weight is 499 g/mol. The molecule has 35 heavy (non-hydrogen) atoms. The summed E-state index contributed by atoms with van der Waals surface area (Å²) >= 11 is 6.26. The Bertz CT molecular complexity index is 1300. The number of fused-ring (bicyclic) bond motifs is 3. The van der Waals surface area contributed by atoms with E-state index >= 15 is 0 Å². The largest absolute Gasteiger partial charge is 0.519 e. The SMILES string of the molecule is CC(C)(C)OC(=O)N1CC(CCl)c2c1cc(OC(=O)Oc1ccc([N+](=O)[O-])cc1)c1ccccc21. The Hall–Kier alpha value is -3.85. The summed E-state index contributed by atoms with van der Waals surface area (Å²) in [5.41, 5.74) is 0.590. The van der Waals surface area contributed by atoms with Crippen molar-refractivity contribution >= 4 is 46.0 Å². The van der Waals surface area contributed by atoms with E-state index in [2.05, 4.69) is 0 Å². The quantitative estimate of drug-likeness (QED) is 0.134. The molecule has 1 aliphatic rings. The number of carbonyl (C=O) groups excluding carboxylic acids is 2. The van der Waals surface area contributed by atoms with Crippen LogP contribution in [-0.4, -0.2) is 35.2 Å². The Morgan fingerprint density at radius 2 is 1.74 bits per heavy atom. The monoisotopic (exact) mass is 498 g/mol. The number of alkyl halides is 1. The van der Waals surface area contributed by atoms with Crippen LogP contribution in [0.3, 0.4) is 0 Å². The number of non-ortho nitro benzene ring substituents is 1. The normalized spacial score (nSPS) is 15.0. The summed E-state index contributed by atoms with van der Waals surface area (Å²) in [6.45, 7) is 5.67. The first kappa shape index (κ1) is 24.3.